The van der Waals surface area contributed by atoms with E-state index < -0.39 is 0 Å². The zero-order valence-electron chi connectivity index (χ0n) is 23.8. The molecule has 212 valence electrons. The molecule has 0 radical (unpaired) electrons. The third-order valence-corrected chi connectivity index (χ3v) is 8.07. The number of rotatable bonds is 6. The summed E-state index contributed by atoms with van der Waals surface area (Å²) in [6.07, 6.45) is 3.81. The molecule has 0 fully saturated rings. The Morgan fingerprint density at radius 2 is 1.57 bits per heavy atom. The van der Waals surface area contributed by atoms with Crippen molar-refractivity contribution >= 4 is 49.8 Å². The molecular weight excluding hydrogens is 548 g/mol. The summed E-state index contributed by atoms with van der Waals surface area (Å²) in [6, 6.07) is 37.8. The Bertz CT molecular complexity index is 2440. The zero-order chi connectivity index (χ0) is 29.6. The minimum atomic E-state index is -0.284. The van der Waals surface area contributed by atoms with Crippen LogP contribution in [0.25, 0.3) is 55.1 Å². The molecule has 5 aromatic carbocycles. The number of nitrogens with zero attached hydrogens (tertiary/aromatic N) is 4. The molecular formula is C37H26N4O3. The number of furan rings is 1. The van der Waals surface area contributed by atoms with Crippen molar-refractivity contribution in [1.29, 1.82) is 0 Å². The predicted octanol–water partition coefficient (Wildman–Crippen LogP) is 7.86. The highest BCUT2D eigenvalue weighted by Gasteiger charge is 2.18. The third-order valence-electron chi connectivity index (χ3n) is 8.07. The molecule has 0 spiro atoms. The van der Waals surface area contributed by atoms with Crippen LogP contribution in [-0.2, 0) is 6.54 Å². The van der Waals surface area contributed by atoms with Crippen molar-refractivity contribution < 1.29 is 9.15 Å². The van der Waals surface area contributed by atoms with E-state index in [-0.39, 0.29) is 5.56 Å². The first kappa shape index (κ1) is 25.7. The van der Waals surface area contributed by atoms with E-state index in [9.17, 15) is 4.79 Å². The highest BCUT2D eigenvalue weighted by molar-refractivity contribution is 6.00. The topological polar surface area (TPSA) is 74.6 Å². The second-order valence-corrected chi connectivity index (χ2v) is 10.7. The van der Waals surface area contributed by atoms with Crippen LogP contribution in [0.3, 0.4) is 0 Å². The van der Waals surface area contributed by atoms with Crippen LogP contribution in [0, 0.1) is 0 Å². The second-order valence-electron chi connectivity index (χ2n) is 10.7. The number of benzene rings is 5. The number of aromatic nitrogens is 3. The number of para-hydroxylation sites is 2. The molecule has 0 saturated heterocycles. The van der Waals surface area contributed by atoms with Crippen LogP contribution in [0.4, 0.5) is 0 Å². The molecule has 0 unspecified atom stereocenters. The van der Waals surface area contributed by atoms with Crippen LogP contribution in [0.15, 0.2) is 136 Å². The van der Waals surface area contributed by atoms with E-state index in [1.165, 1.54) is 21.0 Å². The lowest BCUT2D eigenvalue weighted by molar-refractivity contribution is 0.419. The number of ether oxygens (including phenoxy) is 1. The SMILES string of the molecule is COc1cccc2oc(-c3nc4ccccc4c(=O)n3N=Cc3cn(Cc4cccc5ccccc45)c4ccccc34)cc12. The molecule has 3 heterocycles. The van der Waals surface area contributed by atoms with Crippen molar-refractivity contribution in [3.63, 3.8) is 0 Å². The molecule has 0 saturated carbocycles. The fourth-order valence-electron chi connectivity index (χ4n) is 5.96. The molecule has 0 N–H and O–H groups in total. The van der Waals surface area contributed by atoms with Gasteiger partial charge in [-0.05, 0) is 52.7 Å². The predicted molar refractivity (Wildman–Crippen MR) is 176 cm³/mol. The average molecular weight is 575 g/mol. The summed E-state index contributed by atoms with van der Waals surface area (Å²) >= 11 is 0. The fraction of sp³-hybridized carbons (Fsp3) is 0.0541. The molecule has 0 amide bonds. The Kier molecular flexibility index (Phi) is 6.08. The summed E-state index contributed by atoms with van der Waals surface area (Å²) in [5.41, 5.74) is 4.11. The lowest BCUT2D eigenvalue weighted by Crippen LogP contribution is -2.20. The quantitative estimate of drug-likeness (QED) is 0.190. The molecule has 0 atom stereocenters. The van der Waals surface area contributed by atoms with Crippen LogP contribution in [0.5, 0.6) is 5.75 Å². The first-order valence-corrected chi connectivity index (χ1v) is 14.4. The molecule has 0 bridgehead atoms. The standard InChI is InChI=1S/C37H26N4O3/c1-43-33-18-9-19-34-30(33)20-35(44-34)36-39-31-16-6-4-15-29(31)37(42)41(36)38-21-26-23-40(32-17-7-5-14-28(26)32)22-25-12-8-11-24-10-2-3-13-27(24)25/h2-21,23H,22H2,1H3. The zero-order valence-corrected chi connectivity index (χ0v) is 23.8. The van der Waals surface area contributed by atoms with Gasteiger partial charge in [-0.1, -0.05) is 78.9 Å². The second kappa shape index (κ2) is 10.4. The van der Waals surface area contributed by atoms with Crippen LogP contribution in [0.1, 0.15) is 11.1 Å². The minimum Gasteiger partial charge on any atom is -0.496 e. The molecule has 7 nitrogen and oxygen atoms in total. The van der Waals surface area contributed by atoms with Gasteiger partial charge in [0.15, 0.2) is 5.76 Å². The largest absolute Gasteiger partial charge is 0.496 e. The number of methoxy groups -OCH3 is 1. The Morgan fingerprint density at radius 1 is 0.818 bits per heavy atom. The van der Waals surface area contributed by atoms with Gasteiger partial charge in [-0.3, -0.25) is 4.79 Å². The molecule has 7 heteroatoms. The monoisotopic (exact) mass is 574 g/mol. The van der Waals surface area contributed by atoms with Crippen molar-refractivity contribution in [2.75, 3.05) is 7.11 Å². The first-order chi connectivity index (χ1) is 21.7. The Morgan fingerprint density at radius 3 is 2.45 bits per heavy atom. The van der Waals surface area contributed by atoms with Crippen molar-refractivity contribution in [3.8, 4) is 17.3 Å². The van der Waals surface area contributed by atoms with E-state index in [1.54, 1.807) is 19.4 Å². The number of hydrogen-bond acceptors (Lipinski definition) is 5. The van der Waals surface area contributed by atoms with Crippen molar-refractivity contribution in [2.45, 2.75) is 6.54 Å². The van der Waals surface area contributed by atoms with Crippen LogP contribution < -0.4 is 10.3 Å². The molecule has 0 aliphatic heterocycles. The Hall–Kier alpha value is -5.95. The van der Waals surface area contributed by atoms with Gasteiger partial charge in [0.05, 0.1) is 29.6 Å². The van der Waals surface area contributed by atoms with Gasteiger partial charge in [-0.2, -0.15) is 9.78 Å². The van der Waals surface area contributed by atoms with E-state index in [0.717, 1.165) is 21.9 Å². The van der Waals surface area contributed by atoms with E-state index in [0.29, 0.717) is 40.4 Å². The molecule has 0 aliphatic carbocycles. The van der Waals surface area contributed by atoms with Gasteiger partial charge >= 0.3 is 0 Å². The Labute approximate surface area is 251 Å². The van der Waals surface area contributed by atoms with Gasteiger partial charge in [-0.15, -0.1) is 0 Å². The summed E-state index contributed by atoms with van der Waals surface area (Å²) in [5.74, 6) is 1.40. The molecule has 3 aromatic heterocycles. The highest BCUT2D eigenvalue weighted by atomic mass is 16.5. The van der Waals surface area contributed by atoms with Crippen LogP contribution >= 0.6 is 0 Å². The van der Waals surface area contributed by atoms with Crippen molar-refractivity contribution in [2.24, 2.45) is 5.10 Å². The fourth-order valence-corrected chi connectivity index (χ4v) is 5.96. The normalized spacial score (nSPS) is 11.8. The van der Waals surface area contributed by atoms with E-state index in [1.807, 2.05) is 54.6 Å². The van der Waals surface area contributed by atoms with Crippen molar-refractivity contribution in [3.05, 3.63) is 143 Å². The van der Waals surface area contributed by atoms with Crippen LogP contribution in [0.2, 0.25) is 0 Å². The van der Waals surface area contributed by atoms with Crippen molar-refractivity contribution in [1.82, 2.24) is 14.2 Å². The molecule has 44 heavy (non-hydrogen) atoms. The Balaban J connectivity index is 1.27. The van der Waals surface area contributed by atoms with E-state index in [4.69, 9.17) is 19.2 Å². The summed E-state index contributed by atoms with van der Waals surface area (Å²) in [6.45, 7) is 0.694. The highest BCUT2D eigenvalue weighted by Crippen LogP contribution is 2.33. The average Bonchev–Trinajstić information content (AvgIpc) is 3.66. The van der Waals surface area contributed by atoms with Gasteiger partial charge in [0.1, 0.15) is 11.3 Å². The van der Waals surface area contributed by atoms with Gasteiger partial charge in [0.25, 0.3) is 5.56 Å². The maximum absolute atomic E-state index is 13.9. The van der Waals surface area contributed by atoms with E-state index in [2.05, 4.69) is 65.4 Å². The number of fused-ring (bicyclic) bond motifs is 4. The minimum absolute atomic E-state index is 0.284. The molecule has 8 rings (SSSR count). The lowest BCUT2D eigenvalue weighted by atomic mass is 10.0. The van der Waals surface area contributed by atoms with Gasteiger partial charge < -0.3 is 13.7 Å². The maximum atomic E-state index is 13.9. The van der Waals surface area contributed by atoms with Gasteiger partial charge in [0.2, 0.25) is 5.82 Å². The smallest absolute Gasteiger partial charge is 0.282 e. The summed E-state index contributed by atoms with van der Waals surface area (Å²) in [7, 11) is 1.62. The first-order valence-electron chi connectivity index (χ1n) is 14.4. The third kappa shape index (κ3) is 4.25. The molecule has 0 aliphatic rings. The van der Waals surface area contributed by atoms with E-state index >= 15 is 0 Å². The van der Waals surface area contributed by atoms with Gasteiger partial charge in [-0.25, -0.2) is 4.98 Å². The maximum Gasteiger partial charge on any atom is 0.282 e. The summed E-state index contributed by atoms with van der Waals surface area (Å²) in [4.78, 5) is 18.7. The summed E-state index contributed by atoms with van der Waals surface area (Å²) in [5, 5.41) is 9.48. The lowest BCUT2D eigenvalue weighted by Gasteiger charge is -2.09. The summed E-state index contributed by atoms with van der Waals surface area (Å²) < 4.78 is 15.3. The van der Waals surface area contributed by atoms with Crippen LogP contribution in [-0.4, -0.2) is 27.6 Å². The number of hydrogen-bond donors (Lipinski definition) is 0. The molecule has 8 aromatic rings. The van der Waals surface area contributed by atoms with Gasteiger partial charge in [0, 0.05) is 29.2 Å².